The third kappa shape index (κ3) is 2.69. The van der Waals surface area contributed by atoms with Gasteiger partial charge in [-0.3, -0.25) is 5.43 Å². The summed E-state index contributed by atoms with van der Waals surface area (Å²) >= 11 is 1.71. The van der Waals surface area contributed by atoms with E-state index in [9.17, 15) is 0 Å². The standard InChI is InChI=1S/C10H19N3S/c1-7-8(10(2,3)4)11-9(14-7)12-13(5)6/h1-6H3,(H,11,12). The number of anilines is 1. The molecule has 0 aliphatic heterocycles. The van der Waals surface area contributed by atoms with E-state index in [4.69, 9.17) is 0 Å². The van der Waals surface area contributed by atoms with Crippen LogP contribution in [0.2, 0.25) is 0 Å². The van der Waals surface area contributed by atoms with E-state index in [2.05, 4.69) is 38.1 Å². The van der Waals surface area contributed by atoms with Crippen LogP contribution in [0.15, 0.2) is 0 Å². The van der Waals surface area contributed by atoms with Crippen molar-refractivity contribution in [3.8, 4) is 0 Å². The molecule has 1 N–H and O–H groups in total. The Bertz CT molecular complexity index is 310. The lowest BCUT2D eigenvalue weighted by Crippen LogP contribution is -2.20. The lowest BCUT2D eigenvalue weighted by atomic mass is 9.92. The first-order valence-corrected chi connectivity index (χ1v) is 5.54. The Kier molecular flexibility index (Phi) is 3.17. The monoisotopic (exact) mass is 213 g/mol. The minimum Gasteiger partial charge on any atom is -0.295 e. The molecular formula is C10H19N3S. The summed E-state index contributed by atoms with van der Waals surface area (Å²) in [5.74, 6) is 0. The van der Waals surface area contributed by atoms with Crippen LogP contribution in [0.4, 0.5) is 5.13 Å². The highest BCUT2D eigenvalue weighted by Crippen LogP contribution is 2.31. The third-order valence-electron chi connectivity index (χ3n) is 1.83. The van der Waals surface area contributed by atoms with Crippen molar-refractivity contribution in [2.24, 2.45) is 0 Å². The number of hydrogen-bond acceptors (Lipinski definition) is 4. The fraction of sp³-hybridized carbons (Fsp3) is 0.700. The van der Waals surface area contributed by atoms with Crippen molar-refractivity contribution in [3.05, 3.63) is 10.6 Å². The predicted molar refractivity (Wildman–Crippen MR) is 62.9 cm³/mol. The summed E-state index contributed by atoms with van der Waals surface area (Å²) < 4.78 is 0. The summed E-state index contributed by atoms with van der Waals surface area (Å²) in [5, 5.41) is 2.88. The first-order valence-electron chi connectivity index (χ1n) is 4.72. The second-order valence-corrected chi connectivity index (χ2v) is 5.88. The summed E-state index contributed by atoms with van der Waals surface area (Å²) in [7, 11) is 3.93. The molecule has 4 heteroatoms. The van der Waals surface area contributed by atoms with Crippen molar-refractivity contribution in [2.45, 2.75) is 33.1 Å². The number of hydrazine groups is 1. The number of nitrogens with zero attached hydrogens (tertiary/aromatic N) is 2. The Morgan fingerprint density at radius 1 is 1.29 bits per heavy atom. The van der Waals surface area contributed by atoms with Gasteiger partial charge in [0.1, 0.15) is 0 Å². The summed E-state index contributed by atoms with van der Waals surface area (Å²) in [4.78, 5) is 5.88. The van der Waals surface area contributed by atoms with Crippen molar-refractivity contribution in [1.29, 1.82) is 0 Å². The zero-order valence-electron chi connectivity index (χ0n) is 9.80. The largest absolute Gasteiger partial charge is 0.295 e. The number of aromatic nitrogens is 1. The van der Waals surface area contributed by atoms with E-state index in [1.54, 1.807) is 11.3 Å². The van der Waals surface area contributed by atoms with Gasteiger partial charge in [0.05, 0.1) is 5.69 Å². The maximum Gasteiger partial charge on any atom is 0.197 e. The van der Waals surface area contributed by atoms with Crippen LogP contribution in [-0.4, -0.2) is 24.1 Å². The van der Waals surface area contributed by atoms with Crippen LogP contribution in [0.1, 0.15) is 31.3 Å². The van der Waals surface area contributed by atoms with Gasteiger partial charge in [-0.1, -0.05) is 20.8 Å². The highest BCUT2D eigenvalue weighted by molar-refractivity contribution is 7.15. The maximum absolute atomic E-state index is 4.59. The number of thiazole rings is 1. The molecule has 0 aliphatic rings. The predicted octanol–water partition coefficient (Wildman–Crippen LogP) is 2.64. The molecule has 0 saturated heterocycles. The Labute approximate surface area is 90.1 Å². The maximum atomic E-state index is 4.59. The number of rotatable bonds is 2. The van der Waals surface area contributed by atoms with E-state index < -0.39 is 0 Å². The number of hydrogen-bond donors (Lipinski definition) is 1. The quantitative estimate of drug-likeness (QED) is 0.765. The van der Waals surface area contributed by atoms with Gasteiger partial charge in [-0.25, -0.2) is 9.99 Å². The van der Waals surface area contributed by atoms with Gasteiger partial charge in [-0.15, -0.1) is 11.3 Å². The fourth-order valence-corrected chi connectivity index (χ4v) is 2.44. The lowest BCUT2D eigenvalue weighted by Gasteiger charge is -2.16. The second kappa shape index (κ2) is 3.87. The molecule has 0 fully saturated rings. The van der Waals surface area contributed by atoms with Crippen LogP contribution in [0.5, 0.6) is 0 Å². The molecule has 0 saturated carbocycles. The molecule has 3 nitrogen and oxygen atoms in total. The van der Waals surface area contributed by atoms with Gasteiger partial charge >= 0.3 is 0 Å². The SMILES string of the molecule is Cc1sc(NN(C)C)nc1C(C)(C)C. The van der Waals surface area contributed by atoms with Crippen molar-refractivity contribution < 1.29 is 0 Å². The normalized spacial score (nSPS) is 12.2. The van der Waals surface area contributed by atoms with Crippen LogP contribution in [0, 0.1) is 6.92 Å². The highest BCUT2D eigenvalue weighted by atomic mass is 32.1. The molecule has 0 amide bonds. The van der Waals surface area contributed by atoms with Gasteiger partial charge < -0.3 is 0 Å². The van der Waals surface area contributed by atoms with Crippen LogP contribution in [0.25, 0.3) is 0 Å². The first kappa shape index (κ1) is 11.5. The van der Waals surface area contributed by atoms with E-state index in [0.29, 0.717) is 0 Å². The molecule has 0 radical (unpaired) electrons. The van der Waals surface area contributed by atoms with Crippen molar-refractivity contribution in [3.63, 3.8) is 0 Å². The Morgan fingerprint density at radius 3 is 2.21 bits per heavy atom. The van der Waals surface area contributed by atoms with E-state index in [1.165, 1.54) is 10.6 Å². The van der Waals surface area contributed by atoms with Crippen molar-refractivity contribution in [2.75, 3.05) is 19.5 Å². The molecule has 0 unspecified atom stereocenters. The van der Waals surface area contributed by atoms with Crippen LogP contribution < -0.4 is 5.43 Å². The molecule has 0 aliphatic carbocycles. The van der Waals surface area contributed by atoms with Crippen molar-refractivity contribution >= 4 is 16.5 Å². The summed E-state index contributed by atoms with van der Waals surface area (Å²) in [6.45, 7) is 8.69. The molecule has 0 spiro atoms. The topological polar surface area (TPSA) is 28.2 Å². The number of nitrogens with one attached hydrogen (secondary N) is 1. The fourth-order valence-electron chi connectivity index (χ4n) is 1.33. The molecule has 1 aromatic heterocycles. The number of aryl methyl sites for hydroxylation is 1. The average Bonchev–Trinajstić information content (AvgIpc) is 2.27. The van der Waals surface area contributed by atoms with Gasteiger partial charge in [0.25, 0.3) is 0 Å². The lowest BCUT2D eigenvalue weighted by molar-refractivity contribution is 0.493. The first-order chi connectivity index (χ1) is 6.30. The van der Waals surface area contributed by atoms with Crippen LogP contribution in [-0.2, 0) is 5.41 Å². The van der Waals surface area contributed by atoms with Gasteiger partial charge in [0.15, 0.2) is 5.13 Å². The zero-order valence-corrected chi connectivity index (χ0v) is 10.6. The minimum atomic E-state index is 0.132. The van der Waals surface area contributed by atoms with E-state index >= 15 is 0 Å². The van der Waals surface area contributed by atoms with Gasteiger partial charge in [0, 0.05) is 24.4 Å². The van der Waals surface area contributed by atoms with E-state index in [1.807, 2.05) is 19.1 Å². The highest BCUT2D eigenvalue weighted by Gasteiger charge is 2.20. The van der Waals surface area contributed by atoms with E-state index in [0.717, 1.165) is 5.13 Å². The molecule has 0 atom stereocenters. The molecule has 1 rings (SSSR count). The zero-order chi connectivity index (χ0) is 10.9. The third-order valence-corrected chi connectivity index (χ3v) is 2.70. The average molecular weight is 213 g/mol. The Hall–Kier alpha value is -0.610. The summed E-state index contributed by atoms with van der Waals surface area (Å²) in [6.07, 6.45) is 0. The van der Waals surface area contributed by atoms with Crippen LogP contribution >= 0.6 is 11.3 Å². The molecule has 1 aromatic rings. The van der Waals surface area contributed by atoms with Crippen molar-refractivity contribution in [1.82, 2.24) is 9.99 Å². The molecule has 0 aromatic carbocycles. The minimum absolute atomic E-state index is 0.132. The van der Waals surface area contributed by atoms with Gasteiger partial charge in [-0.05, 0) is 6.92 Å². The molecular weight excluding hydrogens is 194 g/mol. The van der Waals surface area contributed by atoms with E-state index in [-0.39, 0.29) is 5.41 Å². The van der Waals surface area contributed by atoms with Gasteiger partial charge in [-0.2, -0.15) is 0 Å². The molecule has 80 valence electrons. The molecule has 14 heavy (non-hydrogen) atoms. The van der Waals surface area contributed by atoms with Gasteiger partial charge in [0.2, 0.25) is 0 Å². The van der Waals surface area contributed by atoms with Crippen LogP contribution in [0.3, 0.4) is 0 Å². The molecule has 0 bridgehead atoms. The Balaban J connectivity index is 2.94. The Morgan fingerprint density at radius 2 is 1.86 bits per heavy atom. The smallest absolute Gasteiger partial charge is 0.197 e. The second-order valence-electron chi connectivity index (χ2n) is 4.68. The summed E-state index contributed by atoms with van der Waals surface area (Å²) in [5.41, 5.74) is 4.50. The molecule has 1 heterocycles. The summed E-state index contributed by atoms with van der Waals surface area (Å²) in [6, 6.07) is 0.